The Morgan fingerprint density at radius 3 is 2.40 bits per heavy atom. The lowest BCUT2D eigenvalue weighted by atomic mass is 9.98. The number of rotatable bonds is 14. The molecule has 4 N–H and O–H groups in total. The molecule has 0 unspecified atom stereocenters. The minimum absolute atomic E-state index is 0.109. The quantitative estimate of drug-likeness (QED) is 0.106. The second-order valence-corrected chi connectivity index (χ2v) is 15.2. The van der Waals surface area contributed by atoms with Crippen molar-refractivity contribution in [1.82, 2.24) is 35.7 Å². The van der Waals surface area contributed by atoms with E-state index in [4.69, 9.17) is 4.98 Å². The molecule has 1 aliphatic carbocycles. The number of aromatic amines is 1. The minimum Gasteiger partial charge on any atom is -0.453 e. The molecule has 0 radical (unpaired) electrons. The predicted molar refractivity (Wildman–Crippen MR) is 215 cm³/mol. The number of nitrogens with zero attached hydrogens (tertiary/aromatic N) is 3. The zero-order chi connectivity index (χ0) is 39.2. The van der Waals surface area contributed by atoms with Crippen LogP contribution in [0.3, 0.4) is 0 Å². The molecule has 14 heteroatoms. The number of amides is 4. The molecule has 0 spiro atoms. The molecule has 55 heavy (non-hydrogen) atoms. The molecular weight excluding hydrogens is 719 g/mol. The van der Waals surface area contributed by atoms with Crippen LogP contribution in [0.15, 0.2) is 59.9 Å². The molecule has 1 aliphatic heterocycles. The van der Waals surface area contributed by atoms with Gasteiger partial charge in [0.05, 0.1) is 38.7 Å². The lowest BCUT2D eigenvalue weighted by molar-refractivity contribution is -0.135. The standard InChI is InChI=1S/C41H51N7O6S/c1-7-16-47(36(49)21-43-40(51)53-5)23-33(24(4)8-2)45-31(9-3)25-11-14-29-30-15-12-26(19-35(30)55-34(29)18-25)32-20-42-39(46-32)38-27-10-13-28(17-27)48(38)37(50)22-44-41(52)54-6/h9,11-12,14-15,18-20,27-28,38,45H,7-8,10,13,16-17,21-23H2,1-6H3,(H,42,46)(H,43,51)(H,44,52)/b31-9-,33-24+/t27-,28+,38-/m0/s1. The van der Waals surface area contributed by atoms with Gasteiger partial charge in [-0.25, -0.2) is 14.6 Å². The fourth-order valence-electron chi connectivity index (χ4n) is 7.81. The molecule has 2 aromatic heterocycles. The molecule has 2 fully saturated rings. The Kier molecular flexibility index (Phi) is 12.4. The number of carbonyl (C=O) groups excluding carboxylic acids is 4. The third kappa shape index (κ3) is 8.49. The second kappa shape index (κ2) is 17.4. The number of methoxy groups -OCH3 is 2. The van der Waals surface area contributed by atoms with Gasteiger partial charge in [0.1, 0.15) is 18.9 Å². The largest absolute Gasteiger partial charge is 0.453 e. The molecule has 4 amide bonds. The van der Waals surface area contributed by atoms with Gasteiger partial charge < -0.3 is 40.2 Å². The highest BCUT2D eigenvalue weighted by Crippen LogP contribution is 2.49. The summed E-state index contributed by atoms with van der Waals surface area (Å²) in [5.74, 6) is 0.789. The summed E-state index contributed by atoms with van der Waals surface area (Å²) in [5, 5.41) is 11.0. The lowest BCUT2D eigenvalue weighted by Gasteiger charge is -2.34. The van der Waals surface area contributed by atoms with Crippen LogP contribution in [-0.2, 0) is 19.1 Å². The van der Waals surface area contributed by atoms with Crippen molar-refractivity contribution >= 4 is 61.2 Å². The van der Waals surface area contributed by atoms with E-state index in [0.29, 0.717) is 19.0 Å². The van der Waals surface area contributed by atoms with Crippen molar-refractivity contribution in [2.45, 2.75) is 71.9 Å². The number of benzene rings is 2. The van der Waals surface area contributed by atoms with Crippen molar-refractivity contribution in [3.8, 4) is 11.3 Å². The van der Waals surface area contributed by atoms with Gasteiger partial charge in [-0.3, -0.25) is 9.59 Å². The maximum Gasteiger partial charge on any atom is 0.407 e. The van der Waals surface area contributed by atoms with Crippen LogP contribution < -0.4 is 16.0 Å². The summed E-state index contributed by atoms with van der Waals surface area (Å²) in [6.45, 7) is 8.90. The number of likely N-dealkylation sites (tertiary alicyclic amines) is 1. The summed E-state index contributed by atoms with van der Waals surface area (Å²) in [5.41, 5.74) is 5.97. The first-order valence-corrected chi connectivity index (χ1v) is 19.8. The number of thiophene rings is 1. The van der Waals surface area contributed by atoms with Gasteiger partial charge in [-0.05, 0) is 69.6 Å². The Bertz CT molecular complexity index is 2140. The summed E-state index contributed by atoms with van der Waals surface area (Å²) < 4.78 is 11.6. The first-order valence-electron chi connectivity index (χ1n) is 18.9. The number of hydrogen-bond donors (Lipinski definition) is 4. The van der Waals surface area contributed by atoms with E-state index in [0.717, 1.165) is 81.1 Å². The zero-order valence-electron chi connectivity index (χ0n) is 32.4. The minimum atomic E-state index is -0.636. The summed E-state index contributed by atoms with van der Waals surface area (Å²) in [7, 11) is 2.56. The van der Waals surface area contributed by atoms with Crippen LogP contribution >= 0.6 is 11.3 Å². The van der Waals surface area contributed by atoms with Gasteiger partial charge in [0.2, 0.25) is 11.8 Å². The Hall–Kier alpha value is -5.37. The monoisotopic (exact) mass is 769 g/mol. The van der Waals surface area contributed by atoms with E-state index in [1.807, 2.05) is 24.9 Å². The number of aromatic nitrogens is 2. The summed E-state index contributed by atoms with van der Waals surface area (Å²) in [6.07, 6.45) is 7.18. The van der Waals surface area contributed by atoms with Gasteiger partial charge in [-0.1, -0.05) is 49.8 Å². The van der Waals surface area contributed by atoms with E-state index in [2.05, 4.69) is 86.7 Å². The Morgan fingerprint density at radius 2 is 1.71 bits per heavy atom. The molecule has 3 atom stereocenters. The molecule has 13 nitrogen and oxygen atoms in total. The summed E-state index contributed by atoms with van der Waals surface area (Å²) >= 11 is 1.73. The van der Waals surface area contributed by atoms with Crippen LogP contribution in [0.5, 0.6) is 0 Å². The van der Waals surface area contributed by atoms with Crippen molar-refractivity contribution in [2.24, 2.45) is 5.92 Å². The van der Waals surface area contributed by atoms with Gasteiger partial charge in [0, 0.05) is 49.7 Å². The molecular formula is C41H51N7O6S. The SMILES string of the molecule is C/C=C(\N/C(CN(CCC)C(=O)CNC(=O)OC)=C(\C)CC)c1ccc2c(c1)sc1cc(-c3cnc([C@@H]4[C@H]5CC[C@H](C5)N4C(=O)CNC(=O)OC)[nH]3)ccc12. The van der Waals surface area contributed by atoms with E-state index >= 15 is 0 Å². The number of fused-ring (bicyclic) bond motifs is 5. The molecule has 3 heterocycles. The summed E-state index contributed by atoms with van der Waals surface area (Å²) in [4.78, 5) is 61.6. The van der Waals surface area contributed by atoms with Crippen LogP contribution in [0.2, 0.25) is 0 Å². The van der Waals surface area contributed by atoms with Crippen LogP contribution in [0.25, 0.3) is 37.1 Å². The summed E-state index contributed by atoms with van der Waals surface area (Å²) in [6, 6.07) is 12.9. The number of alkyl carbamates (subject to hydrolysis) is 2. The molecule has 292 valence electrons. The molecule has 1 saturated heterocycles. The maximum atomic E-state index is 13.2. The van der Waals surface area contributed by atoms with E-state index in [1.165, 1.54) is 25.0 Å². The van der Waals surface area contributed by atoms with Crippen molar-refractivity contribution < 1.29 is 28.7 Å². The number of carbonyl (C=O) groups is 4. The van der Waals surface area contributed by atoms with Gasteiger partial charge >= 0.3 is 12.2 Å². The number of hydrogen-bond acceptors (Lipinski definition) is 9. The molecule has 1 saturated carbocycles. The highest BCUT2D eigenvalue weighted by atomic mass is 32.1. The van der Waals surface area contributed by atoms with Crippen molar-refractivity contribution in [3.63, 3.8) is 0 Å². The zero-order valence-corrected chi connectivity index (χ0v) is 33.2. The van der Waals surface area contributed by atoms with E-state index in [1.54, 1.807) is 16.2 Å². The van der Waals surface area contributed by atoms with Gasteiger partial charge in [-0.2, -0.15) is 0 Å². The van der Waals surface area contributed by atoms with Crippen LogP contribution in [0, 0.1) is 5.92 Å². The van der Waals surface area contributed by atoms with E-state index in [9.17, 15) is 19.2 Å². The number of allylic oxidation sites excluding steroid dienone is 2. The average Bonchev–Trinajstić information content (AvgIpc) is 4.02. The first kappa shape index (κ1) is 39.3. The fourth-order valence-corrected chi connectivity index (χ4v) is 8.99. The molecule has 2 bridgehead atoms. The van der Waals surface area contributed by atoms with Crippen molar-refractivity contribution in [2.75, 3.05) is 40.4 Å². The lowest BCUT2D eigenvalue weighted by Crippen LogP contribution is -2.45. The number of piperidine rings is 1. The van der Waals surface area contributed by atoms with E-state index < -0.39 is 12.2 Å². The Balaban J connectivity index is 1.21. The third-order valence-corrected chi connectivity index (χ3v) is 11.9. The van der Waals surface area contributed by atoms with Gasteiger partial charge in [-0.15, -0.1) is 11.3 Å². The predicted octanol–water partition coefficient (Wildman–Crippen LogP) is 7.08. The second-order valence-electron chi connectivity index (χ2n) is 14.1. The van der Waals surface area contributed by atoms with Crippen LogP contribution in [0.1, 0.15) is 77.2 Å². The normalized spacial score (nSPS) is 18.3. The van der Waals surface area contributed by atoms with Gasteiger partial charge in [0.15, 0.2) is 0 Å². The fraction of sp³-hybridized carbons (Fsp3) is 0.439. The maximum absolute atomic E-state index is 13.2. The smallest absolute Gasteiger partial charge is 0.407 e. The Morgan fingerprint density at radius 1 is 1.00 bits per heavy atom. The van der Waals surface area contributed by atoms with Crippen LogP contribution in [0.4, 0.5) is 9.59 Å². The third-order valence-electron chi connectivity index (χ3n) is 10.8. The highest BCUT2D eigenvalue weighted by molar-refractivity contribution is 7.25. The molecule has 2 aliphatic rings. The number of ether oxygens (including phenoxy) is 2. The van der Waals surface area contributed by atoms with Crippen LogP contribution in [-0.4, -0.2) is 90.2 Å². The topological polar surface area (TPSA) is 158 Å². The molecule has 6 rings (SSSR count). The number of H-pyrrole nitrogens is 1. The van der Waals surface area contributed by atoms with E-state index in [-0.39, 0.29) is 37.0 Å². The first-order chi connectivity index (χ1) is 26.6. The van der Waals surface area contributed by atoms with Crippen molar-refractivity contribution in [3.05, 3.63) is 71.3 Å². The molecule has 2 aromatic carbocycles. The van der Waals surface area contributed by atoms with Crippen molar-refractivity contribution in [1.29, 1.82) is 0 Å². The molecule has 4 aromatic rings. The highest BCUT2D eigenvalue weighted by Gasteiger charge is 2.49. The Labute approximate surface area is 325 Å². The number of imidazole rings is 1. The number of nitrogens with one attached hydrogen (secondary N) is 4. The average molecular weight is 770 g/mol. The van der Waals surface area contributed by atoms with Gasteiger partial charge in [0.25, 0.3) is 0 Å².